The van der Waals surface area contributed by atoms with E-state index in [1.807, 2.05) is 6.92 Å². The van der Waals surface area contributed by atoms with Crippen molar-refractivity contribution in [3.63, 3.8) is 0 Å². The highest BCUT2D eigenvalue weighted by Gasteiger charge is 2.04. The van der Waals surface area contributed by atoms with Crippen LogP contribution in [-0.4, -0.2) is 10.2 Å². The highest BCUT2D eigenvalue weighted by Crippen LogP contribution is 2.12. The fraction of sp³-hybridized carbons (Fsp3) is 0.500. The van der Waals surface area contributed by atoms with Gasteiger partial charge in [-0.25, -0.2) is 0 Å². The van der Waals surface area contributed by atoms with Crippen LogP contribution in [0.2, 0.25) is 0 Å². The third kappa shape index (κ3) is 0.974. The van der Waals surface area contributed by atoms with E-state index in [9.17, 15) is 0 Å². The van der Waals surface area contributed by atoms with E-state index in [0.29, 0.717) is 12.2 Å². The van der Waals surface area contributed by atoms with Crippen molar-refractivity contribution in [2.75, 3.05) is 5.73 Å². The second-order valence-corrected chi connectivity index (χ2v) is 2.12. The summed E-state index contributed by atoms with van der Waals surface area (Å²) in [7, 11) is 0. The topological polar surface area (TPSA) is 80.7 Å². The first-order valence-corrected chi connectivity index (χ1v) is 3.31. The number of nitrogens with two attached hydrogens (primary N) is 2. The number of H-pyrrole nitrogens is 1. The van der Waals surface area contributed by atoms with Gasteiger partial charge in [0.15, 0.2) is 0 Å². The summed E-state index contributed by atoms with van der Waals surface area (Å²) in [6, 6.07) is 0. The zero-order valence-corrected chi connectivity index (χ0v) is 6.02. The molecular formula is C6H12N4. The highest BCUT2D eigenvalue weighted by molar-refractivity contribution is 5.47. The van der Waals surface area contributed by atoms with Gasteiger partial charge in [-0.05, 0) is 6.42 Å². The van der Waals surface area contributed by atoms with Gasteiger partial charge in [-0.1, -0.05) is 6.92 Å². The molecule has 0 aliphatic rings. The van der Waals surface area contributed by atoms with Crippen LogP contribution in [-0.2, 0) is 13.0 Å². The van der Waals surface area contributed by atoms with Crippen molar-refractivity contribution in [1.82, 2.24) is 10.2 Å². The first kappa shape index (κ1) is 7.08. The Hall–Kier alpha value is -1.03. The lowest BCUT2D eigenvalue weighted by molar-refractivity contribution is 0.922. The molecule has 0 aromatic carbocycles. The van der Waals surface area contributed by atoms with E-state index in [4.69, 9.17) is 11.5 Å². The maximum absolute atomic E-state index is 5.65. The van der Waals surface area contributed by atoms with Crippen LogP contribution in [0.5, 0.6) is 0 Å². The molecule has 5 N–H and O–H groups in total. The van der Waals surface area contributed by atoms with Crippen molar-refractivity contribution in [3.8, 4) is 0 Å². The average molecular weight is 140 g/mol. The summed E-state index contributed by atoms with van der Waals surface area (Å²) in [5.41, 5.74) is 13.5. The van der Waals surface area contributed by atoms with Crippen molar-refractivity contribution in [1.29, 1.82) is 0 Å². The lowest BCUT2D eigenvalue weighted by Gasteiger charge is -1.92. The van der Waals surface area contributed by atoms with E-state index < -0.39 is 0 Å². The maximum atomic E-state index is 5.65. The molecule has 0 unspecified atom stereocenters. The molecule has 1 aromatic heterocycles. The second-order valence-electron chi connectivity index (χ2n) is 2.12. The lowest BCUT2D eigenvalue weighted by atomic mass is 10.2. The molecule has 0 spiro atoms. The van der Waals surface area contributed by atoms with Gasteiger partial charge >= 0.3 is 0 Å². The standard InChI is InChI=1S/C6H12N4/c1-2-4-6(8)5(3-7)10-9-4/h2-3,7-8H2,1H3,(H,9,10). The Labute approximate surface area is 59.6 Å². The van der Waals surface area contributed by atoms with Gasteiger partial charge in [0.25, 0.3) is 0 Å². The van der Waals surface area contributed by atoms with E-state index in [1.54, 1.807) is 0 Å². The Morgan fingerprint density at radius 2 is 2.30 bits per heavy atom. The summed E-state index contributed by atoms with van der Waals surface area (Å²) in [4.78, 5) is 0. The first-order chi connectivity index (χ1) is 4.79. The average Bonchev–Trinajstić information content (AvgIpc) is 2.30. The van der Waals surface area contributed by atoms with Crippen LogP contribution in [0.1, 0.15) is 18.3 Å². The molecule has 56 valence electrons. The number of rotatable bonds is 2. The molecule has 0 atom stereocenters. The molecule has 0 fully saturated rings. The maximum Gasteiger partial charge on any atom is 0.0852 e. The van der Waals surface area contributed by atoms with Gasteiger partial charge in [-0.15, -0.1) is 0 Å². The number of hydrogen-bond acceptors (Lipinski definition) is 3. The SMILES string of the molecule is CCc1n[nH]c(CN)c1N. The fourth-order valence-electron chi connectivity index (χ4n) is 0.855. The summed E-state index contributed by atoms with van der Waals surface area (Å²) in [6.45, 7) is 2.44. The van der Waals surface area contributed by atoms with E-state index >= 15 is 0 Å². The van der Waals surface area contributed by atoms with Crippen LogP contribution in [0.25, 0.3) is 0 Å². The number of aromatic nitrogens is 2. The van der Waals surface area contributed by atoms with Crippen LogP contribution in [0, 0.1) is 0 Å². The van der Waals surface area contributed by atoms with Crippen molar-refractivity contribution in [2.24, 2.45) is 5.73 Å². The van der Waals surface area contributed by atoms with Gasteiger partial charge in [0.2, 0.25) is 0 Å². The van der Waals surface area contributed by atoms with Crippen LogP contribution < -0.4 is 11.5 Å². The molecule has 1 rings (SSSR count). The number of aromatic amines is 1. The molecule has 0 saturated heterocycles. The molecule has 10 heavy (non-hydrogen) atoms. The molecule has 4 heteroatoms. The highest BCUT2D eigenvalue weighted by atomic mass is 15.1. The Balaban J connectivity index is 2.97. The fourth-order valence-corrected chi connectivity index (χ4v) is 0.855. The quantitative estimate of drug-likeness (QED) is 0.541. The number of nitrogens with zero attached hydrogens (tertiary/aromatic N) is 1. The molecule has 1 heterocycles. The minimum Gasteiger partial charge on any atom is -0.396 e. The summed E-state index contributed by atoms with van der Waals surface area (Å²) in [5.74, 6) is 0. The molecule has 0 saturated carbocycles. The Morgan fingerprint density at radius 3 is 2.60 bits per heavy atom. The van der Waals surface area contributed by atoms with Gasteiger partial charge in [-0.2, -0.15) is 5.10 Å². The predicted molar refractivity (Wildman–Crippen MR) is 40.3 cm³/mol. The Morgan fingerprint density at radius 1 is 1.60 bits per heavy atom. The predicted octanol–water partition coefficient (Wildman–Crippen LogP) is 0.0130. The zero-order valence-electron chi connectivity index (χ0n) is 6.02. The molecule has 0 radical (unpaired) electrons. The molecule has 0 amide bonds. The normalized spacial score (nSPS) is 10.2. The third-order valence-electron chi connectivity index (χ3n) is 1.50. The molecule has 0 aliphatic carbocycles. The van der Waals surface area contributed by atoms with Gasteiger partial charge < -0.3 is 11.5 Å². The number of hydrogen-bond donors (Lipinski definition) is 3. The first-order valence-electron chi connectivity index (χ1n) is 3.31. The van der Waals surface area contributed by atoms with Crippen molar-refractivity contribution >= 4 is 5.69 Å². The van der Waals surface area contributed by atoms with Crippen LogP contribution in [0.3, 0.4) is 0 Å². The molecule has 0 aliphatic heterocycles. The van der Waals surface area contributed by atoms with E-state index in [-0.39, 0.29) is 0 Å². The molecule has 4 nitrogen and oxygen atoms in total. The largest absolute Gasteiger partial charge is 0.396 e. The third-order valence-corrected chi connectivity index (χ3v) is 1.50. The number of nitrogens with one attached hydrogen (secondary N) is 1. The van der Waals surface area contributed by atoms with Gasteiger partial charge in [0.1, 0.15) is 0 Å². The minimum atomic E-state index is 0.429. The number of nitrogen functional groups attached to an aromatic ring is 1. The van der Waals surface area contributed by atoms with Crippen molar-refractivity contribution in [2.45, 2.75) is 19.9 Å². The van der Waals surface area contributed by atoms with Crippen molar-refractivity contribution in [3.05, 3.63) is 11.4 Å². The van der Waals surface area contributed by atoms with Gasteiger partial charge in [0, 0.05) is 6.54 Å². The summed E-state index contributed by atoms with van der Waals surface area (Å²) in [5, 5.41) is 6.75. The second kappa shape index (κ2) is 2.70. The van der Waals surface area contributed by atoms with Crippen molar-refractivity contribution < 1.29 is 0 Å². The number of anilines is 1. The molecule has 0 bridgehead atoms. The smallest absolute Gasteiger partial charge is 0.0852 e. The summed E-state index contributed by atoms with van der Waals surface area (Å²) in [6.07, 6.45) is 0.850. The zero-order chi connectivity index (χ0) is 7.56. The Bertz CT molecular complexity index is 194. The summed E-state index contributed by atoms with van der Waals surface area (Å²) >= 11 is 0. The van der Waals surface area contributed by atoms with Gasteiger partial charge in [0.05, 0.1) is 17.1 Å². The summed E-state index contributed by atoms with van der Waals surface area (Å²) < 4.78 is 0. The van der Waals surface area contributed by atoms with Crippen LogP contribution in [0.15, 0.2) is 0 Å². The minimum absolute atomic E-state index is 0.429. The lowest BCUT2D eigenvalue weighted by Crippen LogP contribution is -2.00. The molecular weight excluding hydrogens is 128 g/mol. The monoisotopic (exact) mass is 140 g/mol. The van der Waals surface area contributed by atoms with E-state index in [2.05, 4.69) is 10.2 Å². The van der Waals surface area contributed by atoms with E-state index in [1.165, 1.54) is 0 Å². The van der Waals surface area contributed by atoms with Gasteiger partial charge in [-0.3, -0.25) is 5.10 Å². The molecule has 1 aromatic rings. The van der Waals surface area contributed by atoms with Crippen LogP contribution >= 0.6 is 0 Å². The number of aryl methyl sites for hydroxylation is 1. The van der Waals surface area contributed by atoms with E-state index in [0.717, 1.165) is 17.8 Å². The van der Waals surface area contributed by atoms with Crippen LogP contribution in [0.4, 0.5) is 5.69 Å². The Kier molecular flexibility index (Phi) is 1.91.